The van der Waals surface area contributed by atoms with Crippen LogP contribution in [0.1, 0.15) is 28.4 Å². The number of carbonyl (C=O) groups excluding carboxylic acids is 1. The molecule has 0 amide bonds. The largest absolute Gasteiger partial charge is 0.421 e. The summed E-state index contributed by atoms with van der Waals surface area (Å²) in [6, 6.07) is 8.38. The number of hydrogen-bond donors (Lipinski definition) is 0. The van der Waals surface area contributed by atoms with Gasteiger partial charge in [0.15, 0.2) is 0 Å². The first-order valence-electron chi connectivity index (χ1n) is 7.84. The van der Waals surface area contributed by atoms with Crippen molar-refractivity contribution < 1.29 is 9.53 Å². The third-order valence-electron chi connectivity index (χ3n) is 3.75. The van der Waals surface area contributed by atoms with Crippen LogP contribution in [-0.4, -0.2) is 30.8 Å². The molecule has 6 heteroatoms. The van der Waals surface area contributed by atoms with E-state index in [0.29, 0.717) is 15.6 Å². The van der Waals surface area contributed by atoms with Gasteiger partial charge < -0.3 is 9.64 Å². The Bertz CT molecular complexity index is 819. The number of esters is 1. The van der Waals surface area contributed by atoms with Crippen LogP contribution in [0.15, 0.2) is 35.3 Å². The normalized spacial score (nSPS) is 11.0. The number of carbonyl (C=O) groups is 1. The zero-order valence-electron chi connectivity index (χ0n) is 14.6. The van der Waals surface area contributed by atoms with Crippen LogP contribution in [-0.2, 0) is 0 Å². The van der Waals surface area contributed by atoms with Crippen molar-refractivity contribution in [1.82, 2.24) is 4.90 Å². The van der Waals surface area contributed by atoms with Crippen LogP contribution in [0.5, 0.6) is 5.75 Å². The molecule has 0 heterocycles. The van der Waals surface area contributed by atoms with Gasteiger partial charge in [-0.1, -0.05) is 23.2 Å². The van der Waals surface area contributed by atoms with Crippen LogP contribution >= 0.6 is 23.2 Å². The minimum Gasteiger partial charge on any atom is -0.421 e. The van der Waals surface area contributed by atoms with Crippen LogP contribution in [0.2, 0.25) is 10.0 Å². The molecule has 0 fully saturated rings. The summed E-state index contributed by atoms with van der Waals surface area (Å²) in [4.78, 5) is 18.9. The van der Waals surface area contributed by atoms with Gasteiger partial charge in [0.25, 0.3) is 0 Å². The van der Waals surface area contributed by atoms with Crippen molar-refractivity contribution >= 4 is 41.2 Å². The van der Waals surface area contributed by atoms with Gasteiger partial charge >= 0.3 is 5.97 Å². The first-order chi connectivity index (χ1) is 11.8. The molecule has 2 aromatic rings. The van der Waals surface area contributed by atoms with Gasteiger partial charge in [-0.3, -0.25) is 0 Å². The van der Waals surface area contributed by atoms with Gasteiger partial charge in [-0.15, -0.1) is 0 Å². The fourth-order valence-corrected chi connectivity index (χ4v) is 2.56. The highest BCUT2D eigenvalue weighted by Crippen LogP contribution is 2.29. The topological polar surface area (TPSA) is 41.9 Å². The average molecular weight is 379 g/mol. The molecule has 25 heavy (non-hydrogen) atoms. The molecule has 0 radical (unpaired) electrons. The SMILES string of the molecule is CCN(C)C=Nc1cc(C)c(C(=O)Oc2ccc(Cl)cc2Cl)cc1C. The fraction of sp³-hybridized carbons (Fsp3) is 0.263. The molecule has 0 N–H and O–H groups in total. The van der Waals surface area contributed by atoms with Crippen LogP contribution in [0.4, 0.5) is 5.69 Å². The number of nitrogens with zero attached hydrogens (tertiary/aromatic N) is 2. The Morgan fingerprint density at radius 1 is 1.20 bits per heavy atom. The van der Waals surface area contributed by atoms with Gasteiger partial charge in [-0.2, -0.15) is 0 Å². The number of aliphatic imine (C=N–C) groups is 1. The molecule has 0 unspecified atom stereocenters. The minimum atomic E-state index is -0.467. The van der Waals surface area contributed by atoms with Crippen molar-refractivity contribution in [2.24, 2.45) is 4.99 Å². The monoisotopic (exact) mass is 378 g/mol. The van der Waals surface area contributed by atoms with Gasteiger partial charge in [-0.05, 0) is 62.2 Å². The maximum atomic E-state index is 12.5. The summed E-state index contributed by atoms with van der Waals surface area (Å²) in [6.07, 6.45) is 1.77. The third kappa shape index (κ3) is 4.97. The number of halogens is 2. The lowest BCUT2D eigenvalue weighted by molar-refractivity contribution is 0.0734. The molecular formula is C19H20Cl2N2O2. The lowest BCUT2D eigenvalue weighted by Crippen LogP contribution is -2.14. The molecular weight excluding hydrogens is 359 g/mol. The number of benzene rings is 2. The molecule has 132 valence electrons. The highest BCUT2D eigenvalue weighted by atomic mass is 35.5. The second kappa shape index (κ2) is 8.37. The molecule has 0 spiro atoms. The molecule has 0 saturated carbocycles. The smallest absolute Gasteiger partial charge is 0.343 e. The second-order valence-electron chi connectivity index (χ2n) is 5.74. The standard InChI is InChI=1S/C19H20Cl2N2O2/c1-5-23(4)11-22-17-9-12(2)15(8-13(17)3)19(24)25-18-7-6-14(20)10-16(18)21/h6-11H,5H2,1-4H3. The first kappa shape index (κ1) is 19.3. The van der Waals surface area contributed by atoms with E-state index in [1.165, 1.54) is 6.07 Å². The average Bonchev–Trinajstić information content (AvgIpc) is 2.57. The molecule has 2 aromatic carbocycles. The van der Waals surface area contributed by atoms with E-state index in [-0.39, 0.29) is 5.75 Å². The molecule has 0 aliphatic carbocycles. The second-order valence-corrected chi connectivity index (χ2v) is 6.58. The summed E-state index contributed by atoms with van der Waals surface area (Å²) in [5, 5.41) is 0.773. The third-order valence-corrected chi connectivity index (χ3v) is 4.28. The van der Waals surface area contributed by atoms with E-state index in [4.69, 9.17) is 27.9 Å². The summed E-state index contributed by atoms with van der Waals surface area (Å²) in [7, 11) is 1.95. The summed E-state index contributed by atoms with van der Waals surface area (Å²) in [5.41, 5.74) is 2.97. The number of hydrogen-bond acceptors (Lipinski definition) is 3. The quantitative estimate of drug-likeness (QED) is 0.301. The molecule has 4 nitrogen and oxygen atoms in total. The summed E-state index contributed by atoms with van der Waals surface area (Å²) >= 11 is 11.9. The van der Waals surface area contributed by atoms with E-state index in [2.05, 4.69) is 4.99 Å². The van der Waals surface area contributed by atoms with Crippen molar-refractivity contribution in [2.75, 3.05) is 13.6 Å². The molecule has 0 aliphatic rings. The zero-order chi connectivity index (χ0) is 18.6. The van der Waals surface area contributed by atoms with E-state index in [0.717, 1.165) is 23.4 Å². The maximum Gasteiger partial charge on any atom is 0.343 e. The summed E-state index contributed by atoms with van der Waals surface area (Å²) < 4.78 is 5.40. The molecule has 0 aromatic heterocycles. The Morgan fingerprint density at radius 3 is 2.56 bits per heavy atom. The van der Waals surface area contributed by atoms with E-state index in [1.807, 2.05) is 38.8 Å². The molecule has 0 bridgehead atoms. The van der Waals surface area contributed by atoms with Crippen molar-refractivity contribution in [1.29, 1.82) is 0 Å². The Kier molecular flexibility index (Phi) is 6.45. The van der Waals surface area contributed by atoms with E-state index < -0.39 is 5.97 Å². The molecule has 0 saturated heterocycles. The highest BCUT2D eigenvalue weighted by Gasteiger charge is 2.15. The van der Waals surface area contributed by atoms with Crippen LogP contribution < -0.4 is 4.74 Å². The Labute approximate surface area is 158 Å². The summed E-state index contributed by atoms with van der Waals surface area (Å²) in [5.74, 6) is -0.189. The van der Waals surface area contributed by atoms with Gasteiger partial charge in [0.2, 0.25) is 0 Å². The molecule has 2 rings (SSSR count). The van der Waals surface area contributed by atoms with Crippen LogP contribution in [0.25, 0.3) is 0 Å². The van der Waals surface area contributed by atoms with Gasteiger partial charge in [0.05, 0.1) is 22.6 Å². The van der Waals surface area contributed by atoms with Crippen molar-refractivity contribution in [3.63, 3.8) is 0 Å². The van der Waals surface area contributed by atoms with Gasteiger partial charge in [0.1, 0.15) is 5.75 Å². The number of ether oxygens (including phenoxy) is 1. The number of rotatable bonds is 5. The van der Waals surface area contributed by atoms with Crippen LogP contribution in [0, 0.1) is 13.8 Å². The fourth-order valence-electron chi connectivity index (χ4n) is 2.12. The minimum absolute atomic E-state index is 0.278. The van der Waals surface area contributed by atoms with Crippen molar-refractivity contribution in [2.45, 2.75) is 20.8 Å². The zero-order valence-corrected chi connectivity index (χ0v) is 16.1. The predicted molar refractivity (Wildman–Crippen MR) is 104 cm³/mol. The predicted octanol–water partition coefficient (Wildman–Crippen LogP) is 5.44. The van der Waals surface area contributed by atoms with Gasteiger partial charge in [-0.25, -0.2) is 9.79 Å². The van der Waals surface area contributed by atoms with E-state index in [9.17, 15) is 4.79 Å². The Hall–Kier alpha value is -2.04. The van der Waals surface area contributed by atoms with Crippen LogP contribution in [0.3, 0.4) is 0 Å². The van der Waals surface area contributed by atoms with E-state index >= 15 is 0 Å². The number of aryl methyl sites for hydroxylation is 2. The van der Waals surface area contributed by atoms with Crippen molar-refractivity contribution in [3.05, 3.63) is 57.1 Å². The van der Waals surface area contributed by atoms with Crippen molar-refractivity contribution in [3.8, 4) is 5.75 Å². The molecule has 0 aliphatic heterocycles. The van der Waals surface area contributed by atoms with Gasteiger partial charge in [0, 0.05) is 18.6 Å². The lowest BCUT2D eigenvalue weighted by Gasteiger charge is -2.12. The highest BCUT2D eigenvalue weighted by molar-refractivity contribution is 6.35. The first-order valence-corrected chi connectivity index (χ1v) is 8.60. The Balaban J connectivity index is 2.25. The maximum absolute atomic E-state index is 12.5. The Morgan fingerprint density at radius 2 is 1.92 bits per heavy atom. The van der Waals surface area contributed by atoms with E-state index in [1.54, 1.807) is 24.5 Å². The molecule has 0 atom stereocenters. The lowest BCUT2D eigenvalue weighted by atomic mass is 10.0. The summed E-state index contributed by atoms with van der Waals surface area (Å²) in [6.45, 7) is 6.67.